The van der Waals surface area contributed by atoms with Crippen molar-refractivity contribution in [2.45, 2.75) is 39.5 Å². The molecule has 0 saturated carbocycles. The molecule has 0 fully saturated rings. The molecule has 1 aromatic rings. The summed E-state index contributed by atoms with van der Waals surface area (Å²) in [6.45, 7) is 2.12. The van der Waals surface area contributed by atoms with Gasteiger partial charge in [0, 0.05) is 0 Å². The summed E-state index contributed by atoms with van der Waals surface area (Å²) < 4.78 is 34.0. The van der Waals surface area contributed by atoms with Crippen molar-refractivity contribution in [2.75, 3.05) is 11.9 Å². The number of carbonyl (C=O) groups is 1. The highest BCUT2D eigenvalue weighted by Crippen LogP contribution is 2.22. The second kappa shape index (κ2) is 6.85. The number of ether oxygens (including phenoxy) is 2. The molecule has 0 aliphatic rings. The fraction of sp³-hybridized carbons (Fsp3) is 0.636. The van der Waals surface area contributed by atoms with Crippen molar-refractivity contribution >= 4 is 23.4 Å². The largest absolute Gasteiger partial charge is 0.444 e. The van der Waals surface area contributed by atoms with Gasteiger partial charge in [0.25, 0.3) is 0 Å². The number of aromatic nitrogens is 2. The van der Waals surface area contributed by atoms with Gasteiger partial charge >= 0.3 is 12.7 Å². The third-order valence-electron chi connectivity index (χ3n) is 1.96. The van der Waals surface area contributed by atoms with Crippen LogP contribution < -0.4 is 5.32 Å². The number of alkyl halides is 2. The Kier molecular flexibility index (Phi) is 5.70. The van der Waals surface area contributed by atoms with E-state index in [2.05, 4.69) is 15.2 Å². The first kappa shape index (κ1) is 16.6. The Labute approximate surface area is 120 Å². The summed E-state index contributed by atoms with van der Waals surface area (Å²) in [6, 6.07) is 0. The lowest BCUT2D eigenvalue weighted by Crippen LogP contribution is -2.27. The Hall–Kier alpha value is -1.41. The topological polar surface area (TPSA) is 65.4 Å². The van der Waals surface area contributed by atoms with Crippen molar-refractivity contribution in [1.82, 2.24) is 9.78 Å². The number of rotatable bonds is 5. The summed E-state index contributed by atoms with van der Waals surface area (Å²) in [7, 11) is 0. The zero-order valence-corrected chi connectivity index (χ0v) is 12.1. The van der Waals surface area contributed by atoms with Crippen molar-refractivity contribution in [3.05, 3.63) is 11.3 Å². The van der Waals surface area contributed by atoms with E-state index in [0.29, 0.717) is 0 Å². The quantitative estimate of drug-likeness (QED) is 0.907. The number of anilines is 1. The molecule has 6 nitrogen and oxygen atoms in total. The molecule has 0 radical (unpaired) electrons. The first-order valence-electron chi connectivity index (χ1n) is 5.80. The highest BCUT2D eigenvalue weighted by atomic mass is 35.5. The molecular formula is C11H16ClF2N3O3. The Balaban J connectivity index is 2.56. The van der Waals surface area contributed by atoms with Gasteiger partial charge in [-0.1, -0.05) is 11.6 Å². The minimum Gasteiger partial charge on any atom is -0.444 e. The molecule has 0 aliphatic heterocycles. The van der Waals surface area contributed by atoms with Gasteiger partial charge in [0.2, 0.25) is 0 Å². The summed E-state index contributed by atoms with van der Waals surface area (Å²) in [6.07, 6.45) is 0.622. The van der Waals surface area contributed by atoms with Crippen molar-refractivity contribution in [1.29, 1.82) is 0 Å². The number of halogens is 3. The van der Waals surface area contributed by atoms with Gasteiger partial charge in [-0.3, -0.25) is 5.32 Å². The Morgan fingerprint density at radius 1 is 1.55 bits per heavy atom. The van der Waals surface area contributed by atoms with E-state index in [1.54, 1.807) is 20.8 Å². The molecule has 20 heavy (non-hydrogen) atoms. The van der Waals surface area contributed by atoms with Crippen LogP contribution >= 0.6 is 11.6 Å². The number of hydrogen-bond donors (Lipinski definition) is 1. The standard InChI is InChI=1S/C11H16ClF2N3O3/c1-11(2,3)20-10(18)16-7-6-15-17(8(7)12)4-5-19-9(13)14/h6,9H,4-5H2,1-3H3,(H,16,18). The predicted octanol–water partition coefficient (Wildman–Crippen LogP) is 3.12. The van der Waals surface area contributed by atoms with Crippen LogP contribution in [0.4, 0.5) is 19.3 Å². The van der Waals surface area contributed by atoms with Gasteiger partial charge in [-0.2, -0.15) is 13.9 Å². The maximum atomic E-state index is 11.8. The second-order valence-corrected chi connectivity index (χ2v) is 5.19. The zero-order valence-electron chi connectivity index (χ0n) is 11.3. The predicted molar refractivity (Wildman–Crippen MR) is 69.0 cm³/mol. The van der Waals surface area contributed by atoms with Crippen LogP contribution in [0, 0.1) is 0 Å². The lowest BCUT2D eigenvalue weighted by atomic mass is 10.2. The molecule has 1 amide bonds. The first-order chi connectivity index (χ1) is 9.19. The molecule has 1 N–H and O–H groups in total. The number of hydrogen-bond acceptors (Lipinski definition) is 4. The van der Waals surface area contributed by atoms with Gasteiger partial charge in [0.1, 0.15) is 11.3 Å². The Morgan fingerprint density at radius 2 is 2.20 bits per heavy atom. The van der Waals surface area contributed by atoms with Gasteiger partial charge in [-0.15, -0.1) is 0 Å². The SMILES string of the molecule is CC(C)(C)OC(=O)Nc1cnn(CCOC(F)F)c1Cl. The molecule has 0 aliphatic carbocycles. The van der Waals surface area contributed by atoms with Crippen LogP contribution in [0.25, 0.3) is 0 Å². The minimum atomic E-state index is -2.84. The van der Waals surface area contributed by atoms with Crippen LogP contribution in [0.15, 0.2) is 6.20 Å². The number of carbonyl (C=O) groups excluding carboxylic acids is 1. The van der Waals surface area contributed by atoms with E-state index in [4.69, 9.17) is 16.3 Å². The van der Waals surface area contributed by atoms with E-state index in [-0.39, 0.29) is 24.0 Å². The molecule has 1 aromatic heterocycles. The summed E-state index contributed by atoms with van der Waals surface area (Å²) in [4.78, 5) is 11.5. The smallest absolute Gasteiger partial charge is 0.412 e. The van der Waals surface area contributed by atoms with Crippen LogP contribution in [-0.4, -0.2) is 34.7 Å². The van der Waals surface area contributed by atoms with E-state index in [9.17, 15) is 13.6 Å². The van der Waals surface area contributed by atoms with Crippen LogP contribution in [0.5, 0.6) is 0 Å². The average Bonchev–Trinajstić information content (AvgIpc) is 2.58. The molecule has 114 valence electrons. The van der Waals surface area contributed by atoms with Crippen molar-refractivity contribution in [3.63, 3.8) is 0 Å². The van der Waals surface area contributed by atoms with E-state index in [1.807, 2.05) is 0 Å². The van der Waals surface area contributed by atoms with Gasteiger partial charge in [0.05, 0.1) is 19.3 Å². The molecule has 0 saturated heterocycles. The van der Waals surface area contributed by atoms with Crippen molar-refractivity contribution in [2.24, 2.45) is 0 Å². The van der Waals surface area contributed by atoms with Gasteiger partial charge in [-0.25, -0.2) is 9.48 Å². The van der Waals surface area contributed by atoms with Crippen LogP contribution in [0.2, 0.25) is 5.15 Å². The molecule has 0 spiro atoms. The minimum absolute atomic E-state index is 0.0408. The first-order valence-corrected chi connectivity index (χ1v) is 6.18. The summed E-state index contributed by atoms with van der Waals surface area (Å²) in [5.74, 6) is 0. The van der Waals surface area contributed by atoms with E-state index < -0.39 is 18.3 Å². The summed E-state index contributed by atoms with van der Waals surface area (Å²) >= 11 is 5.94. The second-order valence-electron chi connectivity index (χ2n) is 4.83. The van der Waals surface area contributed by atoms with Crippen LogP contribution in [0.1, 0.15) is 20.8 Å². The number of nitrogens with zero attached hydrogens (tertiary/aromatic N) is 2. The summed E-state index contributed by atoms with van der Waals surface area (Å²) in [5.41, 5.74) is -0.407. The van der Waals surface area contributed by atoms with Gasteiger partial charge < -0.3 is 9.47 Å². The summed E-state index contributed by atoms with van der Waals surface area (Å²) in [5, 5.41) is 6.38. The third-order valence-corrected chi connectivity index (χ3v) is 2.36. The fourth-order valence-corrected chi connectivity index (χ4v) is 1.48. The van der Waals surface area contributed by atoms with E-state index >= 15 is 0 Å². The van der Waals surface area contributed by atoms with Gasteiger partial charge in [-0.05, 0) is 20.8 Å². The molecule has 0 bridgehead atoms. The lowest BCUT2D eigenvalue weighted by Gasteiger charge is -2.19. The highest BCUT2D eigenvalue weighted by Gasteiger charge is 2.18. The number of amides is 1. The van der Waals surface area contributed by atoms with E-state index in [1.165, 1.54) is 10.9 Å². The molecule has 0 unspecified atom stereocenters. The lowest BCUT2D eigenvalue weighted by molar-refractivity contribution is -0.130. The maximum Gasteiger partial charge on any atom is 0.412 e. The highest BCUT2D eigenvalue weighted by molar-refractivity contribution is 6.32. The molecule has 0 aromatic carbocycles. The van der Waals surface area contributed by atoms with Gasteiger partial charge in [0.15, 0.2) is 5.15 Å². The normalized spacial score (nSPS) is 11.8. The molecule has 0 atom stereocenters. The molecular weight excluding hydrogens is 296 g/mol. The molecule has 9 heteroatoms. The van der Waals surface area contributed by atoms with Crippen LogP contribution in [0.3, 0.4) is 0 Å². The van der Waals surface area contributed by atoms with E-state index in [0.717, 1.165) is 0 Å². The van der Waals surface area contributed by atoms with Crippen molar-refractivity contribution < 1.29 is 23.0 Å². The molecule has 1 heterocycles. The fourth-order valence-electron chi connectivity index (χ4n) is 1.25. The Morgan fingerprint density at radius 3 is 2.75 bits per heavy atom. The zero-order chi connectivity index (χ0) is 15.3. The monoisotopic (exact) mass is 311 g/mol. The van der Waals surface area contributed by atoms with Crippen molar-refractivity contribution in [3.8, 4) is 0 Å². The number of nitrogens with one attached hydrogen (secondary N) is 1. The third kappa shape index (κ3) is 5.70. The average molecular weight is 312 g/mol. The maximum absolute atomic E-state index is 11.8. The van der Waals surface area contributed by atoms with Crippen LogP contribution in [-0.2, 0) is 16.0 Å². The Bertz CT molecular complexity index is 460. The molecule has 1 rings (SSSR count).